The Labute approximate surface area is 64.2 Å². The molecule has 0 aliphatic heterocycles. The number of hydrogen-bond acceptors (Lipinski definition) is 2. The Hall–Kier alpha value is -1.32. The van der Waals surface area contributed by atoms with Gasteiger partial charge in [-0.15, -0.1) is 0 Å². The smallest absolute Gasteiger partial charge is 0.243 e. The van der Waals surface area contributed by atoms with Crippen LogP contribution < -0.4 is 5.43 Å². The molecular weight excluding hydrogens is 142 g/mol. The Morgan fingerprint density at radius 2 is 2.45 bits per heavy atom. The zero-order valence-electron chi connectivity index (χ0n) is 6.03. The highest BCUT2D eigenvalue weighted by molar-refractivity contribution is 5.87. The minimum Gasteiger partial charge on any atom is -0.273 e. The molecule has 0 atom stereocenters. The van der Waals surface area contributed by atoms with Gasteiger partial charge in [-0.1, -0.05) is 0 Å². The monoisotopic (exact) mass is 151 g/mol. The molecule has 0 saturated heterocycles. The predicted molar refractivity (Wildman–Crippen MR) is 39.3 cm³/mol. The third-order valence-electron chi connectivity index (χ3n) is 1.68. The van der Waals surface area contributed by atoms with Gasteiger partial charge in [0.25, 0.3) is 0 Å². The van der Waals surface area contributed by atoms with Crippen molar-refractivity contribution in [2.45, 2.75) is 12.8 Å². The number of nitrogens with one attached hydrogen (secondary N) is 1. The second kappa shape index (κ2) is 2.38. The molecule has 4 nitrogen and oxygen atoms in total. The van der Waals surface area contributed by atoms with Crippen LogP contribution in [0.5, 0.6) is 0 Å². The third-order valence-corrected chi connectivity index (χ3v) is 1.68. The Morgan fingerprint density at radius 1 is 1.64 bits per heavy atom. The van der Waals surface area contributed by atoms with Crippen LogP contribution in [0.15, 0.2) is 18.5 Å². The molecule has 1 aromatic rings. The molecule has 2 rings (SSSR count). The van der Waals surface area contributed by atoms with Crippen LogP contribution >= 0.6 is 0 Å². The number of aromatic nitrogens is 2. The normalized spacial score (nSPS) is 16.4. The largest absolute Gasteiger partial charge is 0.273 e. The lowest BCUT2D eigenvalue weighted by Gasteiger charge is -2.01. The third kappa shape index (κ3) is 1.39. The van der Waals surface area contributed by atoms with Crippen molar-refractivity contribution in [2.24, 2.45) is 5.92 Å². The predicted octanol–water partition coefficient (Wildman–Crippen LogP) is 0.363. The van der Waals surface area contributed by atoms with Crippen molar-refractivity contribution < 1.29 is 4.79 Å². The topological polar surface area (TPSA) is 46.9 Å². The van der Waals surface area contributed by atoms with Crippen LogP contribution in [0.1, 0.15) is 12.8 Å². The minimum atomic E-state index is 0.0775. The molecule has 0 unspecified atom stereocenters. The first kappa shape index (κ1) is 6.39. The average molecular weight is 151 g/mol. The molecule has 0 spiro atoms. The second-order valence-corrected chi connectivity index (χ2v) is 2.70. The molecule has 1 aliphatic rings. The fourth-order valence-corrected chi connectivity index (χ4v) is 0.885. The van der Waals surface area contributed by atoms with E-state index in [9.17, 15) is 4.79 Å². The molecule has 58 valence electrons. The van der Waals surface area contributed by atoms with Gasteiger partial charge in [-0.05, 0) is 18.9 Å². The molecule has 0 bridgehead atoms. The first-order chi connectivity index (χ1) is 5.36. The van der Waals surface area contributed by atoms with E-state index < -0.39 is 0 Å². The summed E-state index contributed by atoms with van der Waals surface area (Å²) < 4.78 is 0. The van der Waals surface area contributed by atoms with E-state index in [1.54, 1.807) is 18.5 Å². The van der Waals surface area contributed by atoms with E-state index in [4.69, 9.17) is 0 Å². The quantitative estimate of drug-likeness (QED) is 0.663. The van der Waals surface area contributed by atoms with Gasteiger partial charge in [0.1, 0.15) is 0 Å². The summed E-state index contributed by atoms with van der Waals surface area (Å²) in [6.45, 7) is 0. The van der Waals surface area contributed by atoms with Crippen molar-refractivity contribution in [1.82, 2.24) is 9.89 Å². The SMILES string of the molecule is O=C(Nn1cccn1)C1CC1. The molecular formula is C7H9N3O. The maximum atomic E-state index is 11.1. The fourth-order valence-electron chi connectivity index (χ4n) is 0.885. The number of nitrogens with zero attached hydrogens (tertiary/aromatic N) is 2. The molecule has 1 heterocycles. The first-order valence-corrected chi connectivity index (χ1v) is 3.67. The van der Waals surface area contributed by atoms with Gasteiger partial charge < -0.3 is 0 Å². The van der Waals surface area contributed by atoms with Gasteiger partial charge in [0.2, 0.25) is 5.91 Å². The molecule has 1 aliphatic carbocycles. The first-order valence-electron chi connectivity index (χ1n) is 3.67. The second-order valence-electron chi connectivity index (χ2n) is 2.70. The summed E-state index contributed by atoms with van der Waals surface area (Å²) in [5.74, 6) is 0.313. The fraction of sp³-hybridized carbons (Fsp3) is 0.429. The van der Waals surface area contributed by atoms with Gasteiger partial charge in [-0.25, -0.2) is 5.43 Å². The van der Waals surface area contributed by atoms with Crippen LogP contribution in [0.4, 0.5) is 0 Å². The van der Waals surface area contributed by atoms with E-state index in [0.717, 1.165) is 12.8 Å². The van der Waals surface area contributed by atoms with E-state index in [-0.39, 0.29) is 11.8 Å². The van der Waals surface area contributed by atoms with Crippen LogP contribution in [0, 0.1) is 5.92 Å². The van der Waals surface area contributed by atoms with Crippen molar-refractivity contribution in [3.63, 3.8) is 0 Å². The molecule has 0 aromatic carbocycles. The van der Waals surface area contributed by atoms with Crippen LogP contribution in [-0.2, 0) is 4.79 Å². The van der Waals surface area contributed by atoms with Gasteiger partial charge in [-0.2, -0.15) is 9.89 Å². The van der Waals surface area contributed by atoms with E-state index in [1.807, 2.05) is 0 Å². The van der Waals surface area contributed by atoms with E-state index in [2.05, 4.69) is 10.5 Å². The van der Waals surface area contributed by atoms with Crippen LogP contribution in [-0.4, -0.2) is 15.8 Å². The van der Waals surface area contributed by atoms with Crippen molar-refractivity contribution in [1.29, 1.82) is 0 Å². The zero-order chi connectivity index (χ0) is 7.68. The van der Waals surface area contributed by atoms with Gasteiger partial charge in [0.15, 0.2) is 0 Å². The molecule has 4 heteroatoms. The van der Waals surface area contributed by atoms with E-state index in [1.165, 1.54) is 4.79 Å². The Balaban J connectivity index is 1.94. The highest BCUT2D eigenvalue weighted by Gasteiger charge is 2.29. The number of amides is 1. The minimum absolute atomic E-state index is 0.0775. The maximum absolute atomic E-state index is 11.1. The van der Waals surface area contributed by atoms with Crippen molar-refractivity contribution in [3.05, 3.63) is 18.5 Å². The number of carbonyl (C=O) groups excluding carboxylic acids is 1. The number of rotatable bonds is 2. The van der Waals surface area contributed by atoms with E-state index >= 15 is 0 Å². The average Bonchev–Trinajstić information content (AvgIpc) is 2.73. The molecule has 1 N–H and O–H groups in total. The Kier molecular flexibility index (Phi) is 1.38. The van der Waals surface area contributed by atoms with Gasteiger partial charge in [0.05, 0.1) is 6.20 Å². The van der Waals surface area contributed by atoms with Crippen molar-refractivity contribution >= 4 is 5.91 Å². The molecule has 11 heavy (non-hydrogen) atoms. The lowest BCUT2D eigenvalue weighted by atomic mass is 10.4. The lowest BCUT2D eigenvalue weighted by molar-refractivity contribution is -0.118. The molecule has 0 radical (unpaired) electrons. The summed E-state index contributed by atoms with van der Waals surface area (Å²) >= 11 is 0. The maximum Gasteiger partial charge on any atom is 0.243 e. The number of carbonyl (C=O) groups is 1. The Morgan fingerprint density at radius 3 is 3.00 bits per heavy atom. The van der Waals surface area contributed by atoms with E-state index in [0.29, 0.717) is 0 Å². The highest BCUT2D eigenvalue weighted by Crippen LogP contribution is 2.28. The van der Waals surface area contributed by atoms with Gasteiger partial charge >= 0.3 is 0 Å². The molecule has 1 saturated carbocycles. The van der Waals surface area contributed by atoms with Crippen LogP contribution in [0.2, 0.25) is 0 Å². The van der Waals surface area contributed by atoms with Crippen LogP contribution in [0.3, 0.4) is 0 Å². The summed E-state index contributed by atoms with van der Waals surface area (Å²) in [5, 5.41) is 3.85. The van der Waals surface area contributed by atoms with Crippen molar-refractivity contribution in [3.8, 4) is 0 Å². The summed E-state index contributed by atoms with van der Waals surface area (Å²) in [4.78, 5) is 12.5. The molecule has 1 amide bonds. The molecule has 1 aromatic heterocycles. The number of hydrogen-bond donors (Lipinski definition) is 1. The summed E-state index contributed by atoms with van der Waals surface area (Å²) in [7, 11) is 0. The van der Waals surface area contributed by atoms with Gasteiger partial charge in [-0.3, -0.25) is 4.79 Å². The summed E-state index contributed by atoms with van der Waals surface area (Å²) in [6.07, 6.45) is 5.38. The molecule has 1 fully saturated rings. The van der Waals surface area contributed by atoms with Crippen LogP contribution in [0.25, 0.3) is 0 Å². The standard InChI is InChI=1S/C7H9N3O/c11-7(6-2-3-6)9-10-5-1-4-8-10/h1,4-6H,2-3H2,(H,9,11). The summed E-state index contributed by atoms with van der Waals surface area (Å²) in [6, 6.07) is 1.77. The van der Waals surface area contributed by atoms with Gasteiger partial charge in [0, 0.05) is 12.1 Å². The Bertz CT molecular complexity index is 251. The highest BCUT2D eigenvalue weighted by atomic mass is 16.2. The summed E-state index contributed by atoms with van der Waals surface area (Å²) in [5.41, 5.74) is 2.65. The lowest BCUT2D eigenvalue weighted by Crippen LogP contribution is -2.24. The van der Waals surface area contributed by atoms with Crippen molar-refractivity contribution in [2.75, 3.05) is 5.43 Å². The zero-order valence-corrected chi connectivity index (χ0v) is 6.03.